The summed E-state index contributed by atoms with van der Waals surface area (Å²) in [5, 5.41) is 7.24. The van der Waals surface area contributed by atoms with Gasteiger partial charge in [0.1, 0.15) is 5.65 Å². The van der Waals surface area contributed by atoms with Crippen LogP contribution < -0.4 is 5.32 Å². The number of amides is 1. The Kier molecular flexibility index (Phi) is 4.53. The molecular weight excluding hydrogens is 294 g/mol. The molecule has 1 unspecified atom stereocenters. The number of aromatic nitrogens is 2. The first-order valence-corrected chi connectivity index (χ1v) is 8.38. The Morgan fingerprint density at radius 2 is 2.32 bits per heavy atom. The van der Waals surface area contributed by atoms with Gasteiger partial charge in [-0.3, -0.25) is 4.79 Å². The predicted molar refractivity (Wildman–Crippen MR) is 89.1 cm³/mol. The van der Waals surface area contributed by atoms with Crippen molar-refractivity contribution in [2.24, 2.45) is 0 Å². The fraction of sp³-hybridized carbons (Fsp3) is 0.294. The van der Waals surface area contributed by atoms with Crippen molar-refractivity contribution >= 4 is 22.9 Å². The monoisotopic (exact) mass is 313 g/mol. The number of pyridine rings is 1. The van der Waals surface area contributed by atoms with Crippen LogP contribution in [0.3, 0.4) is 0 Å². The van der Waals surface area contributed by atoms with Crippen molar-refractivity contribution in [3.8, 4) is 0 Å². The van der Waals surface area contributed by atoms with Crippen LogP contribution in [0.5, 0.6) is 0 Å². The lowest BCUT2D eigenvalue weighted by Crippen LogP contribution is -2.34. The summed E-state index contributed by atoms with van der Waals surface area (Å²) in [6, 6.07) is 8.15. The molecule has 3 aromatic rings. The highest BCUT2D eigenvalue weighted by Gasteiger charge is 2.10. The molecular formula is C17H19N3OS. The number of carbonyl (C=O) groups is 1. The number of carbonyl (C=O) groups excluding carboxylic acids is 1. The van der Waals surface area contributed by atoms with Crippen LogP contribution in [0.15, 0.2) is 47.4 Å². The minimum absolute atomic E-state index is 0.0831. The molecule has 0 radical (unpaired) electrons. The lowest BCUT2D eigenvalue weighted by atomic mass is 10.1. The van der Waals surface area contributed by atoms with Crippen LogP contribution in [-0.4, -0.2) is 21.3 Å². The van der Waals surface area contributed by atoms with E-state index in [0.717, 1.165) is 17.8 Å². The largest absolute Gasteiger partial charge is 0.353 e. The molecule has 22 heavy (non-hydrogen) atoms. The second-order valence-electron chi connectivity index (χ2n) is 5.50. The Morgan fingerprint density at radius 3 is 3.09 bits per heavy atom. The third-order valence-electron chi connectivity index (χ3n) is 3.55. The average molecular weight is 313 g/mol. The van der Waals surface area contributed by atoms with Crippen LogP contribution >= 0.6 is 11.3 Å². The molecule has 3 heterocycles. The van der Waals surface area contributed by atoms with Gasteiger partial charge in [0.25, 0.3) is 0 Å². The number of rotatable bonds is 6. The highest BCUT2D eigenvalue weighted by atomic mass is 32.1. The second kappa shape index (κ2) is 6.75. The van der Waals surface area contributed by atoms with Crippen molar-refractivity contribution in [2.75, 3.05) is 0 Å². The SMILES string of the molecule is CC(Cc1ccsc1)NC(=O)CCc1cn2ccccc2n1. The van der Waals surface area contributed by atoms with Crippen molar-refractivity contribution in [1.29, 1.82) is 0 Å². The zero-order valence-corrected chi connectivity index (χ0v) is 13.3. The molecule has 0 fully saturated rings. The molecule has 1 N–H and O–H groups in total. The first-order chi connectivity index (χ1) is 10.7. The second-order valence-corrected chi connectivity index (χ2v) is 6.28. The summed E-state index contributed by atoms with van der Waals surface area (Å²) in [4.78, 5) is 16.5. The van der Waals surface area contributed by atoms with Crippen LogP contribution in [0.2, 0.25) is 0 Å². The fourth-order valence-electron chi connectivity index (χ4n) is 2.51. The molecule has 0 aromatic carbocycles. The van der Waals surface area contributed by atoms with Gasteiger partial charge < -0.3 is 9.72 Å². The van der Waals surface area contributed by atoms with E-state index in [1.165, 1.54) is 5.56 Å². The molecule has 1 amide bonds. The van der Waals surface area contributed by atoms with Gasteiger partial charge in [-0.05, 0) is 54.3 Å². The number of nitrogens with zero attached hydrogens (tertiary/aromatic N) is 2. The zero-order valence-electron chi connectivity index (χ0n) is 12.5. The van der Waals surface area contributed by atoms with Gasteiger partial charge in [0.2, 0.25) is 5.91 Å². The molecule has 0 bridgehead atoms. The van der Waals surface area contributed by atoms with Crippen LogP contribution in [0.25, 0.3) is 5.65 Å². The first-order valence-electron chi connectivity index (χ1n) is 7.44. The highest BCUT2D eigenvalue weighted by Crippen LogP contribution is 2.09. The summed E-state index contributed by atoms with van der Waals surface area (Å²) in [6.07, 6.45) is 5.96. The Balaban J connectivity index is 1.49. The van der Waals surface area contributed by atoms with Gasteiger partial charge in [-0.1, -0.05) is 6.07 Å². The van der Waals surface area contributed by atoms with Crippen LogP contribution in [-0.2, 0) is 17.6 Å². The van der Waals surface area contributed by atoms with Crippen molar-refractivity contribution in [1.82, 2.24) is 14.7 Å². The number of fused-ring (bicyclic) bond motifs is 1. The summed E-state index contributed by atoms with van der Waals surface area (Å²) < 4.78 is 1.98. The summed E-state index contributed by atoms with van der Waals surface area (Å²) in [5.41, 5.74) is 3.15. The quantitative estimate of drug-likeness (QED) is 0.760. The van der Waals surface area contributed by atoms with E-state index in [1.54, 1.807) is 11.3 Å². The van der Waals surface area contributed by atoms with Gasteiger partial charge in [-0.25, -0.2) is 4.98 Å². The third-order valence-corrected chi connectivity index (χ3v) is 4.28. The molecule has 3 aromatic heterocycles. The van der Waals surface area contributed by atoms with Gasteiger partial charge in [0.05, 0.1) is 5.69 Å². The van der Waals surface area contributed by atoms with Crippen LogP contribution in [0.4, 0.5) is 0 Å². The van der Waals surface area contributed by atoms with E-state index in [-0.39, 0.29) is 11.9 Å². The summed E-state index contributed by atoms with van der Waals surface area (Å²) in [7, 11) is 0. The molecule has 1 atom stereocenters. The Hall–Kier alpha value is -2.14. The topological polar surface area (TPSA) is 46.4 Å². The molecule has 3 rings (SSSR count). The lowest BCUT2D eigenvalue weighted by molar-refractivity contribution is -0.121. The molecule has 5 heteroatoms. The highest BCUT2D eigenvalue weighted by molar-refractivity contribution is 7.07. The maximum Gasteiger partial charge on any atom is 0.220 e. The Morgan fingerprint density at radius 1 is 1.41 bits per heavy atom. The average Bonchev–Trinajstić information content (AvgIpc) is 3.13. The standard InChI is InChI=1S/C17H19N3OS/c1-13(10-14-7-9-22-12-14)18-17(21)6-5-15-11-20-8-3-2-4-16(20)19-15/h2-4,7-9,11-13H,5-6,10H2,1H3,(H,18,21). The number of thiophene rings is 1. The smallest absolute Gasteiger partial charge is 0.220 e. The molecule has 0 aliphatic carbocycles. The molecule has 0 aliphatic heterocycles. The molecule has 114 valence electrons. The first kappa shape index (κ1) is 14.8. The molecule has 0 spiro atoms. The summed E-state index contributed by atoms with van der Waals surface area (Å²) >= 11 is 1.69. The number of aryl methyl sites for hydroxylation is 1. The maximum atomic E-state index is 12.0. The minimum Gasteiger partial charge on any atom is -0.353 e. The van der Waals surface area contributed by atoms with Gasteiger partial charge in [-0.15, -0.1) is 0 Å². The van der Waals surface area contributed by atoms with E-state index in [4.69, 9.17) is 0 Å². The van der Waals surface area contributed by atoms with Crippen molar-refractivity contribution in [3.63, 3.8) is 0 Å². The van der Waals surface area contributed by atoms with E-state index in [0.29, 0.717) is 12.8 Å². The molecule has 0 aliphatic rings. The zero-order chi connectivity index (χ0) is 15.4. The fourth-order valence-corrected chi connectivity index (χ4v) is 3.19. The lowest BCUT2D eigenvalue weighted by Gasteiger charge is -2.12. The number of nitrogens with one attached hydrogen (secondary N) is 1. The van der Waals surface area contributed by atoms with E-state index < -0.39 is 0 Å². The number of hydrogen-bond acceptors (Lipinski definition) is 3. The number of imidazole rings is 1. The van der Waals surface area contributed by atoms with Crippen molar-refractivity contribution < 1.29 is 4.79 Å². The Labute approximate surface area is 133 Å². The van der Waals surface area contributed by atoms with E-state index in [9.17, 15) is 4.79 Å². The summed E-state index contributed by atoms with van der Waals surface area (Å²) in [6.45, 7) is 2.04. The van der Waals surface area contributed by atoms with E-state index in [2.05, 4.69) is 27.1 Å². The van der Waals surface area contributed by atoms with Gasteiger partial charge in [-0.2, -0.15) is 11.3 Å². The maximum absolute atomic E-state index is 12.0. The van der Waals surface area contributed by atoms with Crippen molar-refractivity contribution in [3.05, 3.63) is 58.7 Å². The number of hydrogen-bond donors (Lipinski definition) is 1. The normalized spacial score (nSPS) is 12.4. The predicted octanol–water partition coefficient (Wildman–Crippen LogP) is 3.08. The van der Waals surface area contributed by atoms with Crippen LogP contribution in [0, 0.1) is 0 Å². The van der Waals surface area contributed by atoms with E-state index >= 15 is 0 Å². The molecule has 0 saturated heterocycles. The Bertz CT molecular complexity index is 715. The summed E-state index contributed by atoms with van der Waals surface area (Å²) in [5.74, 6) is 0.0831. The van der Waals surface area contributed by atoms with Crippen molar-refractivity contribution in [2.45, 2.75) is 32.2 Å². The van der Waals surface area contributed by atoms with E-state index in [1.807, 2.05) is 41.9 Å². The third kappa shape index (κ3) is 3.74. The minimum atomic E-state index is 0.0831. The van der Waals surface area contributed by atoms with Gasteiger partial charge in [0.15, 0.2) is 0 Å². The van der Waals surface area contributed by atoms with Crippen LogP contribution in [0.1, 0.15) is 24.6 Å². The molecule has 4 nitrogen and oxygen atoms in total. The van der Waals surface area contributed by atoms with Gasteiger partial charge >= 0.3 is 0 Å². The molecule has 0 saturated carbocycles. The van der Waals surface area contributed by atoms with Gasteiger partial charge in [0, 0.05) is 24.9 Å².